The van der Waals surface area contributed by atoms with Crippen LogP contribution in [0.15, 0.2) is 0 Å². The highest BCUT2D eigenvalue weighted by Gasteiger charge is 2.39. The van der Waals surface area contributed by atoms with Crippen LogP contribution in [0.25, 0.3) is 0 Å². The van der Waals surface area contributed by atoms with Crippen LogP contribution >= 0.6 is 0 Å². The van der Waals surface area contributed by atoms with Crippen molar-refractivity contribution in [2.45, 2.75) is 19.4 Å². The van der Waals surface area contributed by atoms with E-state index in [1.807, 2.05) is 6.92 Å². The Morgan fingerprint density at radius 3 is 2.40 bits per heavy atom. The predicted octanol–water partition coefficient (Wildman–Crippen LogP) is -0.238. The van der Waals surface area contributed by atoms with Crippen molar-refractivity contribution in [3.63, 3.8) is 0 Å². The number of amides is 4. The topological polar surface area (TPSA) is 102 Å². The van der Waals surface area contributed by atoms with E-state index < -0.39 is 18.0 Å². The fraction of sp³-hybridized carbons (Fsp3) is 0.750. The quantitative estimate of drug-likeness (QED) is 0.621. The zero-order valence-corrected chi connectivity index (χ0v) is 12.0. The van der Waals surface area contributed by atoms with Crippen molar-refractivity contribution in [3.8, 4) is 0 Å². The van der Waals surface area contributed by atoms with Crippen LogP contribution in [-0.4, -0.2) is 72.7 Å². The van der Waals surface area contributed by atoms with Gasteiger partial charge in [0.15, 0.2) is 0 Å². The molecular formula is C12H22N4O4. The highest BCUT2D eigenvalue weighted by atomic mass is 16.4. The molecule has 0 aromatic carbocycles. The third-order valence-electron chi connectivity index (χ3n) is 3.30. The Bertz CT molecular complexity index is 386. The average molecular weight is 286 g/mol. The molecule has 8 heteroatoms. The summed E-state index contributed by atoms with van der Waals surface area (Å²) in [7, 11) is 3.24. The highest BCUT2D eigenvalue weighted by molar-refractivity contribution is 5.83. The van der Waals surface area contributed by atoms with Crippen molar-refractivity contribution in [2.24, 2.45) is 5.92 Å². The van der Waals surface area contributed by atoms with Crippen molar-refractivity contribution in [3.05, 3.63) is 0 Å². The summed E-state index contributed by atoms with van der Waals surface area (Å²) in [6, 6.07) is -1.41. The number of carboxylic acid groups (broad SMARTS) is 1. The maximum Gasteiger partial charge on any atom is 0.326 e. The number of nitrogens with one attached hydrogen (secondary N) is 2. The minimum atomic E-state index is -0.980. The van der Waals surface area contributed by atoms with Crippen LogP contribution in [0.2, 0.25) is 0 Å². The summed E-state index contributed by atoms with van der Waals surface area (Å²) < 4.78 is 0. The van der Waals surface area contributed by atoms with Gasteiger partial charge in [0.25, 0.3) is 0 Å². The van der Waals surface area contributed by atoms with Crippen LogP contribution in [0.5, 0.6) is 0 Å². The molecule has 3 N–H and O–H groups in total. The van der Waals surface area contributed by atoms with Crippen molar-refractivity contribution in [2.75, 3.05) is 33.7 Å². The van der Waals surface area contributed by atoms with E-state index in [1.54, 1.807) is 14.1 Å². The molecule has 4 amide bonds. The molecule has 0 bridgehead atoms. The first kappa shape index (κ1) is 16.1. The molecule has 1 saturated heterocycles. The fourth-order valence-corrected chi connectivity index (χ4v) is 2.15. The second-order valence-electron chi connectivity index (χ2n) is 5.10. The average Bonchev–Trinajstić information content (AvgIpc) is 2.75. The van der Waals surface area contributed by atoms with Crippen LogP contribution in [0.1, 0.15) is 13.3 Å². The highest BCUT2D eigenvalue weighted by Crippen LogP contribution is 2.23. The molecule has 0 saturated carbocycles. The van der Waals surface area contributed by atoms with Gasteiger partial charge in [-0.3, -0.25) is 0 Å². The number of nitrogens with zero attached hydrogens (tertiary/aromatic N) is 2. The summed E-state index contributed by atoms with van der Waals surface area (Å²) in [5.74, 6) is -1.03. The molecule has 1 fully saturated rings. The molecule has 1 aliphatic heterocycles. The summed E-state index contributed by atoms with van der Waals surface area (Å²) in [5.41, 5.74) is 0. The maximum atomic E-state index is 11.9. The zero-order chi connectivity index (χ0) is 15.3. The Kier molecular flexibility index (Phi) is 5.60. The van der Waals surface area contributed by atoms with E-state index in [9.17, 15) is 14.4 Å². The SMILES string of the molecule is CC1CCN(C(=O)NCCNC(=O)N(C)C)C1C(=O)O. The van der Waals surface area contributed by atoms with Gasteiger partial charge < -0.3 is 25.5 Å². The minimum Gasteiger partial charge on any atom is -0.480 e. The number of rotatable bonds is 4. The van der Waals surface area contributed by atoms with Crippen LogP contribution in [-0.2, 0) is 4.79 Å². The van der Waals surface area contributed by atoms with Gasteiger partial charge in [0.05, 0.1) is 0 Å². The normalized spacial score (nSPS) is 21.4. The van der Waals surface area contributed by atoms with Gasteiger partial charge in [0, 0.05) is 33.7 Å². The van der Waals surface area contributed by atoms with E-state index in [0.29, 0.717) is 19.5 Å². The Labute approximate surface area is 118 Å². The molecule has 1 heterocycles. The first-order valence-electron chi connectivity index (χ1n) is 6.57. The van der Waals surface area contributed by atoms with Gasteiger partial charge in [-0.15, -0.1) is 0 Å². The molecule has 1 aliphatic rings. The lowest BCUT2D eigenvalue weighted by Gasteiger charge is -2.23. The summed E-state index contributed by atoms with van der Waals surface area (Å²) in [6.07, 6.45) is 0.682. The van der Waals surface area contributed by atoms with Gasteiger partial charge in [0.2, 0.25) is 0 Å². The summed E-state index contributed by atoms with van der Waals surface area (Å²) in [5, 5.41) is 14.3. The van der Waals surface area contributed by atoms with E-state index >= 15 is 0 Å². The molecule has 1 rings (SSSR count). The third kappa shape index (κ3) is 4.01. The van der Waals surface area contributed by atoms with Crippen molar-refractivity contribution in [1.29, 1.82) is 0 Å². The van der Waals surface area contributed by atoms with Gasteiger partial charge in [-0.2, -0.15) is 0 Å². The monoisotopic (exact) mass is 286 g/mol. The van der Waals surface area contributed by atoms with Gasteiger partial charge >= 0.3 is 18.0 Å². The largest absolute Gasteiger partial charge is 0.480 e. The number of hydrogen-bond acceptors (Lipinski definition) is 3. The molecule has 8 nitrogen and oxygen atoms in total. The molecule has 2 atom stereocenters. The van der Waals surface area contributed by atoms with Crippen LogP contribution in [0.4, 0.5) is 9.59 Å². The molecule has 0 aliphatic carbocycles. The first-order valence-corrected chi connectivity index (χ1v) is 6.57. The molecule has 114 valence electrons. The van der Waals surface area contributed by atoms with Gasteiger partial charge in [0.1, 0.15) is 6.04 Å². The van der Waals surface area contributed by atoms with Crippen LogP contribution < -0.4 is 10.6 Å². The number of carbonyl (C=O) groups excluding carboxylic acids is 2. The molecule has 20 heavy (non-hydrogen) atoms. The van der Waals surface area contributed by atoms with Crippen molar-refractivity contribution < 1.29 is 19.5 Å². The van der Waals surface area contributed by atoms with Gasteiger partial charge in [-0.25, -0.2) is 14.4 Å². The fourth-order valence-electron chi connectivity index (χ4n) is 2.15. The number of carboxylic acids is 1. The molecule has 0 radical (unpaired) electrons. The van der Waals surface area contributed by atoms with E-state index in [1.165, 1.54) is 9.80 Å². The van der Waals surface area contributed by atoms with E-state index in [4.69, 9.17) is 5.11 Å². The molecular weight excluding hydrogens is 264 g/mol. The number of hydrogen-bond donors (Lipinski definition) is 3. The Balaban J connectivity index is 2.36. The number of urea groups is 2. The smallest absolute Gasteiger partial charge is 0.326 e. The van der Waals surface area contributed by atoms with Gasteiger partial charge in [-0.1, -0.05) is 6.92 Å². The standard InChI is InChI=1S/C12H22N4O4/c1-8-4-7-16(9(8)10(17)18)12(20)14-6-5-13-11(19)15(2)3/h8-9H,4-7H2,1-3H3,(H,13,19)(H,14,20)(H,17,18). The van der Waals surface area contributed by atoms with Crippen LogP contribution in [0.3, 0.4) is 0 Å². The molecule has 2 unspecified atom stereocenters. The first-order chi connectivity index (χ1) is 9.34. The molecule has 0 aromatic heterocycles. The second-order valence-corrected chi connectivity index (χ2v) is 5.10. The van der Waals surface area contributed by atoms with E-state index in [-0.39, 0.29) is 18.5 Å². The van der Waals surface area contributed by atoms with Gasteiger partial charge in [-0.05, 0) is 12.3 Å². The summed E-state index contributed by atoms with van der Waals surface area (Å²) in [4.78, 5) is 37.0. The zero-order valence-electron chi connectivity index (χ0n) is 12.0. The maximum absolute atomic E-state index is 11.9. The third-order valence-corrected chi connectivity index (χ3v) is 3.30. The number of carbonyl (C=O) groups is 3. The van der Waals surface area contributed by atoms with E-state index in [0.717, 1.165) is 0 Å². The molecule has 0 aromatic rings. The lowest BCUT2D eigenvalue weighted by atomic mass is 10.0. The second kappa shape index (κ2) is 6.97. The molecule has 0 spiro atoms. The van der Waals surface area contributed by atoms with Crippen molar-refractivity contribution in [1.82, 2.24) is 20.4 Å². The minimum absolute atomic E-state index is 0.0494. The van der Waals surface area contributed by atoms with Crippen LogP contribution in [0, 0.1) is 5.92 Å². The number of likely N-dealkylation sites (tertiary alicyclic amines) is 1. The summed E-state index contributed by atoms with van der Waals surface area (Å²) in [6.45, 7) is 2.82. The Morgan fingerprint density at radius 2 is 1.85 bits per heavy atom. The Morgan fingerprint density at radius 1 is 1.25 bits per heavy atom. The Hall–Kier alpha value is -1.99. The van der Waals surface area contributed by atoms with Crippen molar-refractivity contribution >= 4 is 18.0 Å². The summed E-state index contributed by atoms with van der Waals surface area (Å²) >= 11 is 0. The predicted molar refractivity (Wildman–Crippen MR) is 72.4 cm³/mol. The van der Waals surface area contributed by atoms with E-state index in [2.05, 4.69) is 10.6 Å². The lowest BCUT2D eigenvalue weighted by molar-refractivity contribution is -0.142. The number of aliphatic carboxylic acids is 1. The lowest BCUT2D eigenvalue weighted by Crippen LogP contribution is -2.49.